The van der Waals surface area contributed by atoms with Crippen LogP contribution in [0.5, 0.6) is 5.88 Å². The van der Waals surface area contributed by atoms with Crippen molar-refractivity contribution in [2.24, 2.45) is 10.9 Å². The van der Waals surface area contributed by atoms with Crippen molar-refractivity contribution in [3.8, 4) is 5.88 Å². The standard InChI is InChI=1S/C28H28F3N3O3/c1-18-23(27(35)37-16-15-34(2)17-19-9-5-4-6-10-19)24(20-11-7-8-12-21(20)28(29,30)31)25-22(33-18)13-14-32-26(25)36-3/h4-14,23-24H,15-17H2,1-3H3. The smallest absolute Gasteiger partial charge is 0.416 e. The summed E-state index contributed by atoms with van der Waals surface area (Å²) in [6.07, 6.45) is -3.15. The fraction of sp³-hybridized carbons (Fsp3) is 0.321. The Balaban J connectivity index is 1.64. The van der Waals surface area contributed by atoms with E-state index in [0.717, 1.165) is 11.6 Å². The lowest BCUT2D eigenvalue weighted by Crippen LogP contribution is -2.36. The summed E-state index contributed by atoms with van der Waals surface area (Å²) in [4.78, 5) is 24.2. The number of aliphatic imine (C=N–C) groups is 1. The first-order valence-corrected chi connectivity index (χ1v) is 11.8. The molecule has 0 aliphatic carbocycles. The molecule has 1 aliphatic heterocycles. The van der Waals surface area contributed by atoms with Crippen LogP contribution in [0.2, 0.25) is 0 Å². The molecule has 0 saturated carbocycles. The Kier molecular flexibility index (Phi) is 7.92. The molecule has 9 heteroatoms. The lowest BCUT2D eigenvalue weighted by atomic mass is 9.74. The van der Waals surface area contributed by atoms with Gasteiger partial charge in [-0.25, -0.2) is 4.98 Å². The molecule has 194 valence electrons. The van der Waals surface area contributed by atoms with Gasteiger partial charge in [0.25, 0.3) is 0 Å². The molecule has 0 N–H and O–H groups in total. The highest BCUT2D eigenvalue weighted by Gasteiger charge is 2.45. The minimum Gasteiger partial charge on any atom is -0.481 e. The summed E-state index contributed by atoms with van der Waals surface area (Å²) in [5.74, 6) is -2.64. The summed E-state index contributed by atoms with van der Waals surface area (Å²) in [5, 5.41) is 0. The van der Waals surface area contributed by atoms with Crippen LogP contribution in [0.1, 0.15) is 35.1 Å². The van der Waals surface area contributed by atoms with Crippen LogP contribution in [0, 0.1) is 5.92 Å². The van der Waals surface area contributed by atoms with Gasteiger partial charge in [0.2, 0.25) is 5.88 Å². The van der Waals surface area contributed by atoms with Crippen molar-refractivity contribution in [1.82, 2.24) is 9.88 Å². The molecule has 0 radical (unpaired) electrons. The van der Waals surface area contributed by atoms with E-state index >= 15 is 0 Å². The second-order valence-corrected chi connectivity index (χ2v) is 8.94. The molecule has 6 nitrogen and oxygen atoms in total. The summed E-state index contributed by atoms with van der Waals surface area (Å²) in [6.45, 7) is 2.83. The molecule has 2 atom stereocenters. The number of esters is 1. The molecule has 0 bridgehead atoms. The van der Waals surface area contributed by atoms with Gasteiger partial charge in [0.1, 0.15) is 12.5 Å². The third kappa shape index (κ3) is 5.83. The van der Waals surface area contributed by atoms with Crippen molar-refractivity contribution in [1.29, 1.82) is 0 Å². The lowest BCUT2D eigenvalue weighted by Gasteiger charge is -2.33. The number of rotatable bonds is 8. The third-order valence-corrected chi connectivity index (χ3v) is 6.38. The van der Waals surface area contributed by atoms with E-state index in [1.54, 1.807) is 13.0 Å². The first kappa shape index (κ1) is 26.3. The predicted octanol–water partition coefficient (Wildman–Crippen LogP) is 5.64. The predicted molar refractivity (Wildman–Crippen MR) is 134 cm³/mol. The summed E-state index contributed by atoms with van der Waals surface area (Å²) in [7, 11) is 3.29. The second-order valence-electron chi connectivity index (χ2n) is 8.94. The number of alkyl halides is 3. The van der Waals surface area contributed by atoms with Crippen molar-refractivity contribution >= 4 is 17.4 Å². The quantitative estimate of drug-likeness (QED) is 0.367. The van der Waals surface area contributed by atoms with Crippen LogP contribution in [0.25, 0.3) is 0 Å². The maximum atomic E-state index is 14.1. The van der Waals surface area contributed by atoms with Crippen molar-refractivity contribution in [2.75, 3.05) is 27.3 Å². The van der Waals surface area contributed by atoms with Crippen LogP contribution in [0.3, 0.4) is 0 Å². The van der Waals surface area contributed by atoms with Gasteiger partial charge in [-0.2, -0.15) is 13.2 Å². The zero-order valence-corrected chi connectivity index (χ0v) is 20.8. The number of likely N-dealkylation sites (N-methyl/N-ethyl adjacent to an activating group) is 1. The number of carbonyl (C=O) groups is 1. The van der Waals surface area contributed by atoms with E-state index < -0.39 is 29.5 Å². The molecule has 1 aliphatic rings. The first-order chi connectivity index (χ1) is 17.7. The van der Waals surface area contributed by atoms with Gasteiger partial charge in [-0.3, -0.25) is 14.7 Å². The second kappa shape index (κ2) is 11.1. The van der Waals surface area contributed by atoms with Gasteiger partial charge in [0.05, 0.1) is 18.4 Å². The van der Waals surface area contributed by atoms with E-state index in [9.17, 15) is 18.0 Å². The van der Waals surface area contributed by atoms with Gasteiger partial charge < -0.3 is 9.47 Å². The van der Waals surface area contributed by atoms with E-state index in [0.29, 0.717) is 30.1 Å². The summed E-state index contributed by atoms with van der Waals surface area (Å²) < 4.78 is 53.2. The Labute approximate surface area is 213 Å². The van der Waals surface area contributed by atoms with E-state index in [1.807, 2.05) is 42.3 Å². The largest absolute Gasteiger partial charge is 0.481 e. The zero-order valence-electron chi connectivity index (χ0n) is 20.8. The molecule has 2 unspecified atom stereocenters. The van der Waals surface area contributed by atoms with Crippen molar-refractivity contribution in [2.45, 2.75) is 25.6 Å². The van der Waals surface area contributed by atoms with E-state index in [1.165, 1.54) is 31.5 Å². The first-order valence-electron chi connectivity index (χ1n) is 11.8. The minimum absolute atomic E-state index is 0.0556. The third-order valence-electron chi connectivity index (χ3n) is 6.38. The van der Waals surface area contributed by atoms with E-state index in [4.69, 9.17) is 9.47 Å². The van der Waals surface area contributed by atoms with Gasteiger partial charge in [-0.1, -0.05) is 48.5 Å². The molecular weight excluding hydrogens is 483 g/mol. The molecule has 0 amide bonds. The average Bonchev–Trinajstić information content (AvgIpc) is 2.87. The number of nitrogens with zero attached hydrogens (tertiary/aromatic N) is 3. The highest BCUT2D eigenvalue weighted by molar-refractivity contribution is 6.05. The van der Waals surface area contributed by atoms with Crippen molar-refractivity contribution in [3.63, 3.8) is 0 Å². The molecule has 0 fully saturated rings. The number of hydrogen-bond donors (Lipinski definition) is 0. The molecule has 4 rings (SSSR count). The normalized spacial score (nSPS) is 17.2. The molecule has 0 saturated heterocycles. The fourth-order valence-electron chi connectivity index (χ4n) is 4.70. The Hall–Kier alpha value is -3.72. The molecule has 37 heavy (non-hydrogen) atoms. The number of benzene rings is 2. The van der Waals surface area contributed by atoms with Gasteiger partial charge in [-0.15, -0.1) is 0 Å². The molecule has 1 aromatic heterocycles. The summed E-state index contributed by atoms with van der Waals surface area (Å²) in [5.41, 5.74) is 1.34. The number of methoxy groups -OCH3 is 1. The average molecular weight is 512 g/mol. The Morgan fingerprint density at radius 3 is 2.46 bits per heavy atom. The van der Waals surface area contributed by atoms with Gasteiger partial charge in [0, 0.05) is 36.5 Å². The van der Waals surface area contributed by atoms with Crippen LogP contribution < -0.4 is 4.74 Å². The molecular formula is C28H28F3N3O3. The number of aromatic nitrogens is 1. The number of pyridine rings is 1. The number of fused-ring (bicyclic) bond motifs is 1. The summed E-state index contributed by atoms with van der Waals surface area (Å²) in [6, 6.07) is 16.7. The van der Waals surface area contributed by atoms with Gasteiger partial charge in [-0.05, 0) is 37.2 Å². The van der Waals surface area contributed by atoms with Crippen molar-refractivity contribution in [3.05, 3.63) is 89.1 Å². The highest BCUT2D eigenvalue weighted by Crippen LogP contribution is 2.49. The Morgan fingerprint density at radius 2 is 1.76 bits per heavy atom. The molecule has 0 spiro atoms. The molecule has 2 aromatic carbocycles. The van der Waals surface area contributed by atoms with Crippen LogP contribution in [-0.4, -0.2) is 48.9 Å². The lowest BCUT2D eigenvalue weighted by molar-refractivity contribution is -0.147. The monoisotopic (exact) mass is 511 g/mol. The zero-order chi connectivity index (χ0) is 26.6. The molecule has 3 aromatic rings. The van der Waals surface area contributed by atoms with Crippen LogP contribution in [0.15, 0.2) is 71.9 Å². The topological polar surface area (TPSA) is 64.0 Å². The highest BCUT2D eigenvalue weighted by atomic mass is 19.4. The summed E-state index contributed by atoms with van der Waals surface area (Å²) >= 11 is 0. The minimum atomic E-state index is -4.62. The number of hydrogen-bond acceptors (Lipinski definition) is 6. The van der Waals surface area contributed by atoms with Crippen LogP contribution in [0.4, 0.5) is 18.9 Å². The Morgan fingerprint density at radius 1 is 1.05 bits per heavy atom. The maximum Gasteiger partial charge on any atom is 0.416 e. The van der Waals surface area contributed by atoms with E-state index in [2.05, 4.69) is 9.98 Å². The van der Waals surface area contributed by atoms with Crippen LogP contribution >= 0.6 is 0 Å². The number of carbonyl (C=O) groups excluding carboxylic acids is 1. The van der Waals surface area contributed by atoms with Gasteiger partial charge in [0.15, 0.2) is 0 Å². The number of ether oxygens (including phenoxy) is 2. The van der Waals surface area contributed by atoms with Crippen molar-refractivity contribution < 1.29 is 27.4 Å². The fourth-order valence-corrected chi connectivity index (χ4v) is 4.70. The van der Waals surface area contributed by atoms with Crippen LogP contribution in [-0.2, 0) is 22.3 Å². The molecule has 2 heterocycles. The van der Waals surface area contributed by atoms with E-state index in [-0.39, 0.29) is 18.1 Å². The maximum absolute atomic E-state index is 14.1. The van der Waals surface area contributed by atoms with Gasteiger partial charge >= 0.3 is 12.1 Å². The Bertz CT molecular complexity index is 1280. The SMILES string of the molecule is COc1nccc2c1C(c1ccccc1C(F)(F)F)C(C(=O)OCCN(C)Cc1ccccc1)C(C)=N2. The number of halogens is 3.